The SMILES string of the molecule is Cn1c(CCC2CCNCC2)nc2c(=O)n(CCCCCC(=O)O)c(=O)n(C)c21. The summed E-state index contributed by atoms with van der Waals surface area (Å²) in [5.74, 6) is 0.678. The summed E-state index contributed by atoms with van der Waals surface area (Å²) in [5.41, 5.74) is 0.182. The van der Waals surface area contributed by atoms with E-state index >= 15 is 0 Å². The highest BCUT2D eigenvalue weighted by atomic mass is 16.4. The van der Waals surface area contributed by atoms with E-state index in [0.29, 0.717) is 36.3 Å². The first-order valence-corrected chi connectivity index (χ1v) is 10.5. The number of aromatic nitrogens is 4. The van der Waals surface area contributed by atoms with Crippen LogP contribution in [-0.4, -0.2) is 42.9 Å². The number of hydrogen-bond donors (Lipinski definition) is 2. The number of carbonyl (C=O) groups is 1. The summed E-state index contributed by atoms with van der Waals surface area (Å²) in [7, 11) is 3.53. The number of nitrogens with zero attached hydrogens (tertiary/aromatic N) is 4. The number of piperidine rings is 1. The highest BCUT2D eigenvalue weighted by Gasteiger charge is 2.20. The fraction of sp³-hybridized carbons (Fsp3) is 0.700. The number of unbranched alkanes of at least 4 members (excludes halogenated alkanes) is 2. The van der Waals surface area contributed by atoms with Crippen molar-refractivity contribution in [3.05, 3.63) is 26.7 Å². The van der Waals surface area contributed by atoms with E-state index in [-0.39, 0.29) is 24.2 Å². The molecule has 9 heteroatoms. The first kappa shape index (κ1) is 21.3. The van der Waals surface area contributed by atoms with Crippen LogP contribution >= 0.6 is 0 Å². The summed E-state index contributed by atoms with van der Waals surface area (Å²) in [6.07, 6.45) is 6.04. The molecule has 0 atom stereocenters. The van der Waals surface area contributed by atoms with E-state index in [1.165, 1.54) is 9.13 Å². The molecule has 0 radical (unpaired) electrons. The third-order valence-electron chi connectivity index (χ3n) is 5.95. The molecule has 29 heavy (non-hydrogen) atoms. The van der Waals surface area contributed by atoms with Crippen LogP contribution in [0.4, 0.5) is 0 Å². The highest BCUT2D eigenvalue weighted by Crippen LogP contribution is 2.19. The monoisotopic (exact) mass is 405 g/mol. The van der Waals surface area contributed by atoms with Crippen LogP contribution in [0.2, 0.25) is 0 Å². The lowest BCUT2D eigenvalue weighted by atomic mass is 9.93. The van der Waals surface area contributed by atoms with Crippen molar-refractivity contribution in [2.45, 2.75) is 57.9 Å². The number of imidazole rings is 1. The number of rotatable bonds is 9. The maximum absolute atomic E-state index is 12.9. The predicted octanol–water partition coefficient (Wildman–Crippen LogP) is 1.01. The molecule has 0 saturated carbocycles. The van der Waals surface area contributed by atoms with Crippen molar-refractivity contribution in [1.82, 2.24) is 24.0 Å². The molecule has 1 aliphatic rings. The summed E-state index contributed by atoms with van der Waals surface area (Å²) in [6, 6.07) is 0. The summed E-state index contributed by atoms with van der Waals surface area (Å²) in [6.45, 7) is 2.39. The van der Waals surface area contributed by atoms with Gasteiger partial charge in [-0.1, -0.05) is 6.42 Å². The molecule has 3 rings (SSSR count). The molecule has 0 aromatic carbocycles. The summed E-state index contributed by atoms with van der Waals surface area (Å²) in [5, 5.41) is 12.1. The van der Waals surface area contributed by atoms with Gasteiger partial charge in [-0.15, -0.1) is 0 Å². The second-order valence-electron chi connectivity index (χ2n) is 7.99. The van der Waals surface area contributed by atoms with Crippen molar-refractivity contribution >= 4 is 17.1 Å². The zero-order valence-electron chi connectivity index (χ0n) is 17.3. The van der Waals surface area contributed by atoms with Gasteiger partial charge in [0.05, 0.1) is 0 Å². The number of aliphatic carboxylic acids is 1. The van der Waals surface area contributed by atoms with E-state index in [1.54, 1.807) is 7.05 Å². The Kier molecular flexibility index (Phi) is 6.89. The molecule has 3 heterocycles. The zero-order valence-corrected chi connectivity index (χ0v) is 17.3. The number of nitrogens with one attached hydrogen (secondary N) is 1. The quantitative estimate of drug-likeness (QED) is 0.603. The van der Waals surface area contributed by atoms with Crippen molar-refractivity contribution in [2.24, 2.45) is 20.0 Å². The lowest BCUT2D eigenvalue weighted by Crippen LogP contribution is -2.39. The van der Waals surface area contributed by atoms with Gasteiger partial charge in [0.15, 0.2) is 5.52 Å². The molecule has 2 aromatic rings. The van der Waals surface area contributed by atoms with Crippen LogP contribution in [0.1, 0.15) is 50.8 Å². The number of fused-ring (bicyclic) bond motifs is 1. The van der Waals surface area contributed by atoms with Crippen molar-refractivity contribution in [2.75, 3.05) is 13.1 Å². The van der Waals surface area contributed by atoms with Crippen LogP contribution in [0.5, 0.6) is 0 Å². The minimum absolute atomic E-state index is 0.104. The van der Waals surface area contributed by atoms with Gasteiger partial charge in [-0.05, 0) is 51.1 Å². The Bertz CT molecular complexity index is 981. The Hall–Kier alpha value is -2.42. The molecule has 1 saturated heterocycles. The summed E-state index contributed by atoms with van der Waals surface area (Å²) in [4.78, 5) is 40.8. The van der Waals surface area contributed by atoms with Crippen LogP contribution in [0.3, 0.4) is 0 Å². The van der Waals surface area contributed by atoms with E-state index in [2.05, 4.69) is 10.3 Å². The lowest BCUT2D eigenvalue weighted by Gasteiger charge is -2.22. The molecule has 1 fully saturated rings. The first-order valence-electron chi connectivity index (χ1n) is 10.5. The minimum atomic E-state index is -0.829. The van der Waals surface area contributed by atoms with Gasteiger partial charge in [-0.25, -0.2) is 9.78 Å². The molecule has 0 amide bonds. The molecule has 2 N–H and O–H groups in total. The van der Waals surface area contributed by atoms with E-state index in [9.17, 15) is 14.4 Å². The fourth-order valence-electron chi connectivity index (χ4n) is 4.20. The molecule has 0 aliphatic carbocycles. The van der Waals surface area contributed by atoms with E-state index in [4.69, 9.17) is 5.11 Å². The van der Waals surface area contributed by atoms with Crippen molar-refractivity contribution in [3.8, 4) is 0 Å². The third-order valence-corrected chi connectivity index (χ3v) is 5.95. The number of hydrogen-bond acceptors (Lipinski definition) is 5. The third kappa shape index (κ3) is 4.77. The van der Waals surface area contributed by atoms with Gasteiger partial charge in [0.1, 0.15) is 11.5 Å². The van der Waals surface area contributed by atoms with Crippen LogP contribution in [0.25, 0.3) is 11.2 Å². The maximum atomic E-state index is 12.9. The smallest absolute Gasteiger partial charge is 0.332 e. The second kappa shape index (κ2) is 9.39. The lowest BCUT2D eigenvalue weighted by molar-refractivity contribution is -0.137. The Morgan fingerprint density at radius 2 is 1.86 bits per heavy atom. The Morgan fingerprint density at radius 3 is 2.55 bits per heavy atom. The van der Waals surface area contributed by atoms with Gasteiger partial charge in [-0.3, -0.25) is 18.7 Å². The Morgan fingerprint density at radius 1 is 1.14 bits per heavy atom. The maximum Gasteiger partial charge on any atom is 0.332 e. The first-order chi connectivity index (χ1) is 13.9. The van der Waals surface area contributed by atoms with Gasteiger partial charge in [0, 0.05) is 33.5 Å². The standard InChI is InChI=1S/C20H31N5O4/c1-23-15(8-7-14-9-11-21-12-10-14)22-17-18(23)24(2)20(29)25(19(17)28)13-5-3-4-6-16(26)27/h14,21H,3-13H2,1-2H3,(H,26,27). The van der Waals surface area contributed by atoms with Gasteiger partial charge < -0.3 is 15.0 Å². The molecular weight excluding hydrogens is 374 g/mol. The molecule has 160 valence electrons. The van der Waals surface area contributed by atoms with Crippen molar-refractivity contribution in [3.63, 3.8) is 0 Å². The van der Waals surface area contributed by atoms with Crippen molar-refractivity contribution in [1.29, 1.82) is 0 Å². The van der Waals surface area contributed by atoms with E-state index in [1.807, 2.05) is 11.6 Å². The van der Waals surface area contributed by atoms with Gasteiger partial charge in [0.25, 0.3) is 5.56 Å². The summed E-state index contributed by atoms with van der Waals surface area (Å²) >= 11 is 0. The Balaban J connectivity index is 1.79. The normalized spacial score (nSPS) is 15.2. The largest absolute Gasteiger partial charge is 0.481 e. The van der Waals surface area contributed by atoms with E-state index in [0.717, 1.165) is 44.6 Å². The van der Waals surface area contributed by atoms with Crippen LogP contribution < -0.4 is 16.6 Å². The van der Waals surface area contributed by atoms with Gasteiger partial charge >= 0.3 is 11.7 Å². The highest BCUT2D eigenvalue weighted by molar-refractivity contribution is 5.70. The molecule has 0 unspecified atom stereocenters. The molecule has 9 nitrogen and oxygen atoms in total. The number of aryl methyl sites for hydroxylation is 3. The zero-order chi connectivity index (χ0) is 21.0. The van der Waals surface area contributed by atoms with Crippen LogP contribution in [-0.2, 0) is 31.9 Å². The van der Waals surface area contributed by atoms with Crippen LogP contribution in [0, 0.1) is 5.92 Å². The topological polar surface area (TPSA) is 111 Å². The van der Waals surface area contributed by atoms with E-state index < -0.39 is 5.97 Å². The van der Waals surface area contributed by atoms with Crippen molar-refractivity contribution < 1.29 is 9.90 Å². The molecule has 0 spiro atoms. The molecule has 1 aliphatic heterocycles. The number of carboxylic acid groups (broad SMARTS) is 1. The summed E-state index contributed by atoms with van der Waals surface area (Å²) < 4.78 is 4.60. The fourth-order valence-corrected chi connectivity index (χ4v) is 4.20. The molecule has 2 aromatic heterocycles. The minimum Gasteiger partial charge on any atom is -0.481 e. The Labute approximate surface area is 169 Å². The molecular formula is C20H31N5O4. The van der Waals surface area contributed by atoms with Gasteiger partial charge in [-0.2, -0.15) is 0 Å². The molecule has 0 bridgehead atoms. The predicted molar refractivity (Wildman–Crippen MR) is 110 cm³/mol. The average Bonchev–Trinajstić information content (AvgIpc) is 3.04. The number of carboxylic acids is 1. The van der Waals surface area contributed by atoms with Crippen LogP contribution in [0.15, 0.2) is 9.59 Å². The average molecular weight is 405 g/mol. The van der Waals surface area contributed by atoms with Gasteiger partial charge in [0.2, 0.25) is 0 Å². The second-order valence-corrected chi connectivity index (χ2v) is 7.99.